The average molecular weight is 202 g/mol. The van der Waals surface area contributed by atoms with E-state index in [1.807, 2.05) is 48.6 Å². The molecule has 0 saturated heterocycles. The molecule has 0 fully saturated rings. The quantitative estimate of drug-likeness (QED) is 0.554. The fraction of sp³-hybridized carbons (Fsp3) is 0.154. The van der Waals surface area contributed by atoms with E-state index in [1.54, 1.807) is 6.08 Å². The number of benzene rings is 1. The topological polar surface area (TPSA) is 26.3 Å². The molecule has 0 amide bonds. The maximum atomic E-state index is 10.7. The van der Waals surface area contributed by atoms with Gasteiger partial charge >= 0.3 is 5.97 Å². The van der Waals surface area contributed by atoms with Crippen molar-refractivity contribution in [2.24, 2.45) is 0 Å². The van der Waals surface area contributed by atoms with Crippen molar-refractivity contribution in [3.05, 3.63) is 54.1 Å². The number of methoxy groups -OCH3 is 1. The molecule has 15 heavy (non-hydrogen) atoms. The van der Waals surface area contributed by atoms with Crippen molar-refractivity contribution in [1.82, 2.24) is 0 Å². The van der Waals surface area contributed by atoms with Crippen LogP contribution in [0.3, 0.4) is 0 Å². The molecule has 0 spiro atoms. The van der Waals surface area contributed by atoms with Gasteiger partial charge in [-0.15, -0.1) is 0 Å². The minimum Gasteiger partial charge on any atom is -0.469 e. The van der Waals surface area contributed by atoms with Gasteiger partial charge in [-0.3, -0.25) is 4.79 Å². The molecular weight excluding hydrogens is 188 g/mol. The van der Waals surface area contributed by atoms with Crippen molar-refractivity contribution < 1.29 is 9.53 Å². The summed E-state index contributed by atoms with van der Waals surface area (Å²) in [7, 11) is 1.38. The fourth-order valence-electron chi connectivity index (χ4n) is 1.06. The first-order valence-corrected chi connectivity index (χ1v) is 4.78. The Morgan fingerprint density at radius 3 is 2.67 bits per heavy atom. The molecule has 0 unspecified atom stereocenters. The molecule has 0 heterocycles. The Hall–Kier alpha value is -1.83. The molecule has 0 N–H and O–H groups in total. The van der Waals surface area contributed by atoms with E-state index in [0.29, 0.717) is 6.42 Å². The van der Waals surface area contributed by atoms with Gasteiger partial charge in [0.1, 0.15) is 0 Å². The van der Waals surface area contributed by atoms with Gasteiger partial charge in [0.15, 0.2) is 0 Å². The number of carbonyl (C=O) groups excluding carboxylic acids is 1. The predicted molar refractivity (Wildman–Crippen MR) is 61.2 cm³/mol. The minimum absolute atomic E-state index is 0.223. The fourth-order valence-corrected chi connectivity index (χ4v) is 1.06. The van der Waals surface area contributed by atoms with Crippen LogP contribution in [-0.4, -0.2) is 13.1 Å². The molecule has 0 radical (unpaired) electrons. The molecule has 0 aromatic heterocycles. The lowest BCUT2D eigenvalue weighted by atomic mass is 10.2. The van der Waals surface area contributed by atoms with Gasteiger partial charge in [0, 0.05) is 0 Å². The summed E-state index contributed by atoms with van der Waals surface area (Å²) in [5, 5.41) is 0. The first kappa shape index (κ1) is 11.2. The molecule has 0 bridgehead atoms. The summed E-state index contributed by atoms with van der Waals surface area (Å²) in [6, 6.07) is 9.98. The Morgan fingerprint density at radius 1 is 1.27 bits per heavy atom. The summed E-state index contributed by atoms with van der Waals surface area (Å²) < 4.78 is 4.50. The van der Waals surface area contributed by atoms with E-state index < -0.39 is 0 Å². The molecule has 1 rings (SSSR count). The highest BCUT2D eigenvalue weighted by Gasteiger charge is 1.91. The standard InChI is InChI=1S/C13H14O2/c1-15-13(14)11-7-3-6-10-12-8-4-2-5-9-12/h2-10H,11H2,1H3. The van der Waals surface area contributed by atoms with E-state index in [2.05, 4.69) is 4.74 Å². The molecule has 0 atom stereocenters. The summed E-state index contributed by atoms with van der Waals surface area (Å²) in [5.41, 5.74) is 1.14. The van der Waals surface area contributed by atoms with Crippen LogP contribution in [0.25, 0.3) is 6.08 Å². The monoisotopic (exact) mass is 202 g/mol. The van der Waals surface area contributed by atoms with E-state index in [1.165, 1.54) is 7.11 Å². The van der Waals surface area contributed by atoms with Crippen molar-refractivity contribution in [2.45, 2.75) is 6.42 Å². The Labute approximate surface area is 89.9 Å². The van der Waals surface area contributed by atoms with Crippen LogP contribution in [0.4, 0.5) is 0 Å². The third kappa shape index (κ3) is 4.81. The van der Waals surface area contributed by atoms with Crippen molar-refractivity contribution in [3.8, 4) is 0 Å². The molecule has 0 aliphatic heterocycles. The van der Waals surface area contributed by atoms with Gasteiger partial charge in [-0.1, -0.05) is 54.6 Å². The van der Waals surface area contributed by atoms with Crippen molar-refractivity contribution >= 4 is 12.0 Å². The zero-order valence-corrected chi connectivity index (χ0v) is 8.72. The summed E-state index contributed by atoms with van der Waals surface area (Å²) in [4.78, 5) is 10.7. The maximum absolute atomic E-state index is 10.7. The predicted octanol–water partition coefficient (Wildman–Crippen LogP) is 2.82. The average Bonchev–Trinajstić information content (AvgIpc) is 2.29. The Kier molecular flexibility index (Phi) is 4.95. The first-order chi connectivity index (χ1) is 7.33. The van der Waals surface area contributed by atoms with E-state index in [-0.39, 0.29) is 5.97 Å². The van der Waals surface area contributed by atoms with Crippen LogP contribution in [0.2, 0.25) is 0 Å². The van der Waals surface area contributed by atoms with Gasteiger partial charge in [-0.25, -0.2) is 0 Å². The van der Waals surface area contributed by atoms with Crippen LogP contribution >= 0.6 is 0 Å². The van der Waals surface area contributed by atoms with Gasteiger partial charge in [-0.05, 0) is 5.56 Å². The van der Waals surface area contributed by atoms with Gasteiger partial charge in [0.05, 0.1) is 13.5 Å². The number of allylic oxidation sites excluding steroid dienone is 2. The number of carbonyl (C=O) groups is 1. The van der Waals surface area contributed by atoms with Gasteiger partial charge < -0.3 is 4.74 Å². The Balaban J connectivity index is 2.37. The number of hydrogen-bond donors (Lipinski definition) is 0. The summed E-state index contributed by atoms with van der Waals surface area (Å²) in [6.45, 7) is 0. The van der Waals surface area contributed by atoms with Crippen molar-refractivity contribution in [3.63, 3.8) is 0 Å². The van der Waals surface area contributed by atoms with Crippen LogP contribution in [0.15, 0.2) is 48.6 Å². The number of rotatable bonds is 4. The van der Waals surface area contributed by atoms with E-state index in [0.717, 1.165) is 5.56 Å². The number of hydrogen-bond acceptors (Lipinski definition) is 2. The van der Waals surface area contributed by atoms with E-state index in [9.17, 15) is 4.79 Å². The summed E-state index contributed by atoms with van der Waals surface area (Å²) in [5.74, 6) is -0.223. The molecule has 78 valence electrons. The van der Waals surface area contributed by atoms with Crippen LogP contribution < -0.4 is 0 Å². The second-order valence-corrected chi connectivity index (χ2v) is 2.98. The second kappa shape index (κ2) is 6.60. The smallest absolute Gasteiger partial charge is 0.309 e. The summed E-state index contributed by atoms with van der Waals surface area (Å²) in [6.07, 6.45) is 7.80. The van der Waals surface area contributed by atoms with E-state index >= 15 is 0 Å². The largest absolute Gasteiger partial charge is 0.469 e. The SMILES string of the molecule is COC(=O)CC=CC=Cc1ccccc1. The third-order valence-electron chi connectivity index (χ3n) is 1.85. The number of ether oxygens (including phenoxy) is 1. The lowest BCUT2D eigenvalue weighted by Crippen LogP contribution is -1.96. The first-order valence-electron chi connectivity index (χ1n) is 4.78. The molecule has 0 saturated carbocycles. The van der Waals surface area contributed by atoms with Crippen molar-refractivity contribution in [1.29, 1.82) is 0 Å². The molecule has 1 aromatic rings. The molecular formula is C13H14O2. The highest BCUT2D eigenvalue weighted by atomic mass is 16.5. The molecule has 2 nitrogen and oxygen atoms in total. The normalized spacial score (nSPS) is 11.0. The zero-order chi connectivity index (χ0) is 10.9. The zero-order valence-electron chi connectivity index (χ0n) is 8.72. The Morgan fingerprint density at radius 2 is 2.00 bits per heavy atom. The minimum atomic E-state index is -0.223. The molecule has 2 heteroatoms. The van der Waals surface area contributed by atoms with Gasteiger partial charge in [0.25, 0.3) is 0 Å². The highest BCUT2D eigenvalue weighted by molar-refractivity contribution is 5.71. The van der Waals surface area contributed by atoms with Gasteiger partial charge in [0.2, 0.25) is 0 Å². The van der Waals surface area contributed by atoms with Crippen LogP contribution in [0, 0.1) is 0 Å². The van der Waals surface area contributed by atoms with Crippen LogP contribution in [0.1, 0.15) is 12.0 Å². The van der Waals surface area contributed by atoms with Crippen LogP contribution in [0.5, 0.6) is 0 Å². The van der Waals surface area contributed by atoms with Crippen LogP contribution in [-0.2, 0) is 9.53 Å². The second-order valence-electron chi connectivity index (χ2n) is 2.98. The maximum Gasteiger partial charge on any atom is 0.309 e. The molecule has 0 aliphatic carbocycles. The molecule has 1 aromatic carbocycles. The molecule has 0 aliphatic rings. The highest BCUT2D eigenvalue weighted by Crippen LogP contribution is 2.00. The Bertz CT molecular complexity index is 350. The lowest BCUT2D eigenvalue weighted by Gasteiger charge is -1.91. The summed E-state index contributed by atoms with van der Waals surface area (Å²) >= 11 is 0. The number of esters is 1. The van der Waals surface area contributed by atoms with Crippen molar-refractivity contribution in [2.75, 3.05) is 7.11 Å². The third-order valence-corrected chi connectivity index (χ3v) is 1.85. The lowest BCUT2D eigenvalue weighted by molar-refractivity contribution is -0.139. The van der Waals surface area contributed by atoms with Gasteiger partial charge in [-0.2, -0.15) is 0 Å². The van der Waals surface area contributed by atoms with E-state index in [4.69, 9.17) is 0 Å².